The highest BCUT2D eigenvalue weighted by Crippen LogP contribution is 2.22. The Balaban J connectivity index is 1.82. The van der Waals surface area contributed by atoms with Gasteiger partial charge >= 0.3 is 0 Å². The summed E-state index contributed by atoms with van der Waals surface area (Å²) in [5.41, 5.74) is 2.83. The molecule has 1 heterocycles. The molecular weight excluding hydrogens is 252 g/mol. The van der Waals surface area contributed by atoms with Crippen molar-refractivity contribution in [2.24, 2.45) is 0 Å². The Labute approximate surface area is 117 Å². The van der Waals surface area contributed by atoms with Gasteiger partial charge in [-0.1, -0.05) is 24.3 Å². The first-order chi connectivity index (χ1) is 9.76. The molecular formula is C16H16N2O2. The fraction of sp³-hybridized carbons (Fsp3) is 0.188. The van der Waals surface area contributed by atoms with E-state index in [0.717, 1.165) is 22.4 Å². The zero-order valence-electron chi connectivity index (χ0n) is 11.5. The molecule has 4 nitrogen and oxygen atoms in total. The maximum Gasteiger partial charge on any atom is 0.298 e. The van der Waals surface area contributed by atoms with E-state index in [-0.39, 0.29) is 0 Å². The minimum Gasteiger partial charge on any atom is -0.497 e. The van der Waals surface area contributed by atoms with Crippen molar-refractivity contribution < 1.29 is 9.15 Å². The molecule has 3 rings (SSSR count). The number of fused-ring (bicyclic) bond motifs is 1. The Hall–Kier alpha value is -2.49. The summed E-state index contributed by atoms with van der Waals surface area (Å²) in [6.45, 7) is 0.712. The van der Waals surface area contributed by atoms with Gasteiger partial charge in [-0.15, -0.1) is 0 Å². The third kappa shape index (κ3) is 2.45. The Kier molecular flexibility index (Phi) is 3.29. The van der Waals surface area contributed by atoms with Crippen LogP contribution in [0.2, 0.25) is 0 Å². The lowest BCUT2D eigenvalue weighted by Crippen LogP contribution is -2.16. The molecule has 0 spiro atoms. The maximum absolute atomic E-state index is 5.74. The average molecular weight is 268 g/mol. The van der Waals surface area contributed by atoms with Crippen molar-refractivity contribution in [1.29, 1.82) is 0 Å². The van der Waals surface area contributed by atoms with Crippen molar-refractivity contribution >= 4 is 17.1 Å². The number of aromatic nitrogens is 1. The van der Waals surface area contributed by atoms with Gasteiger partial charge in [-0.25, -0.2) is 0 Å². The normalized spacial score (nSPS) is 10.7. The molecule has 0 aliphatic carbocycles. The van der Waals surface area contributed by atoms with Crippen molar-refractivity contribution in [2.45, 2.75) is 6.54 Å². The van der Waals surface area contributed by atoms with E-state index >= 15 is 0 Å². The highest BCUT2D eigenvalue weighted by Gasteiger charge is 2.10. The molecule has 102 valence electrons. The average Bonchev–Trinajstić information content (AvgIpc) is 2.91. The van der Waals surface area contributed by atoms with Gasteiger partial charge in [0.25, 0.3) is 6.01 Å². The van der Waals surface area contributed by atoms with Crippen LogP contribution in [-0.4, -0.2) is 19.1 Å². The summed E-state index contributed by atoms with van der Waals surface area (Å²) < 4.78 is 11.0. The largest absolute Gasteiger partial charge is 0.497 e. The number of methoxy groups -OCH3 is 1. The third-order valence-corrected chi connectivity index (χ3v) is 3.16. The van der Waals surface area contributed by atoms with E-state index in [1.54, 1.807) is 7.11 Å². The maximum atomic E-state index is 5.74. The molecule has 0 aliphatic rings. The Bertz CT molecular complexity index is 688. The SMILES string of the molecule is COc1cccc(CN(C)c2nc3ccccc3o2)c1. The lowest BCUT2D eigenvalue weighted by molar-refractivity contribution is 0.414. The van der Waals surface area contributed by atoms with E-state index in [2.05, 4.69) is 11.1 Å². The topological polar surface area (TPSA) is 38.5 Å². The van der Waals surface area contributed by atoms with Crippen LogP contribution in [0, 0.1) is 0 Å². The van der Waals surface area contributed by atoms with E-state index in [9.17, 15) is 0 Å². The molecule has 4 heteroatoms. The van der Waals surface area contributed by atoms with Gasteiger partial charge < -0.3 is 14.1 Å². The van der Waals surface area contributed by atoms with Crippen molar-refractivity contribution in [3.63, 3.8) is 0 Å². The molecule has 20 heavy (non-hydrogen) atoms. The first kappa shape index (κ1) is 12.5. The van der Waals surface area contributed by atoms with E-state index in [0.29, 0.717) is 12.6 Å². The van der Waals surface area contributed by atoms with Gasteiger partial charge in [-0.3, -0.25) is 0 Å². The lowest BCUT2D eigenvalue weighted by Gasteiger charge is -2.14. The first-order valence-electron chi connectivity index (χ1n) is 6.46. The third-order valence-electron chi connectivity index (χ3n) is 3.16. The predicted molar refractivity (Wildman–Crippen MR) is 79.1 cm³/mol. The molecule has 0 aliphatic heterocycles. The van der Waals surface area contributed by atoms with Gasteiger partial charge in [-0.05, 0) is 29.8 Å². The molecule has 0 atom stereocenters. The molecule has 0 amide bonds. The molecule has 0 radical (unpaired) electrons. The van der Waals surface area contributed by atoms with Gasteiger partial charge in [0.05, 0.1) is 7.11 Å². The molecule has 1 aromatic heterocycles. The predicted octanol–water partition coefficient (Wildman–Crippen LogP) is 3.47. The standard InChI is InChI=1S/C16H16N2O2/c1-18(11-12-6-5-7-13(10-12)19-2)16-17-14-8-3-4-9-15(14)20-16/h3-10H,11H2,1-2H3. The number of hydrogen-bond acceptors (Lipinski definition) is 4. The number of rotatable bonds is 4. The Morgan fingerprint density at radius 3 is 2.80 bits per heavy atom. The summed E-state index contributed by atoms with van der Waals surface area (Å²) in [7, 11) is 3.63. The fourth-order valence-corrected chi connectivity index (χ4v) is 2.14. The van der Waals surface area contributed by atoms with Crippen LogP contribution >= 0.6 is 0 Å². The summed E-state index contributed by atoms with van der Waals surface area (Å²) in [5, 5.41) is 0. The Morgan fingerprint density at radius 2 is 2.00 bits per heavy atom. The number of oxazole rings is 1. The minimum absolute atomic E-state index is 0.619. The number of nitrogens with zero attached hydrogens (tertiary/aromatic N) is 2. The number of hydrogen-bond donors (Lipinski definition) is 0. The quantitative estimate of drug-likeness (QED) is 0.726. The summed E-state index contributed by atoms with van der Waals surface area (Å²) in [6.07, 6.45) is 0. The zero-order chi connectivity index (χ0) is 13.9. The highest BCUT2D eigenvalue weighted by atomic mass is 16.5. The van der Waals surface area contributed by atoms with Crippen LogP contribution in [-0.2, 0) is 6.54 Å². The second kappa shape index (κ2) is 5.25. The first-order valence-corrected chi connectivity index (χ1v) is 6.46. The smallest absolute Gasteiger partial charge is 0.298 e. The highest BCUT2D eigenvalue weighted by molar-refractivity contribution is 5.74. The monoisotopic (exact) mass is 268 g/mol. The van der Waals surface area contributed by atoms with Crippen LogP contribution in [0.3, 0.4) is 0 Å². The molecule has 0 bridgehead atoms. The molecule has 2 aromatic carbocycles. The van der Waals surface area contributed by atoms with Crippen LogP contribution in [0.4, 0.5) is 6.01 Å². The number of ether oxygens (including phenoxy) is 1. The van der Waals surface area contributed by atoms with E-state index in [1.165, 1.54) is 0 Å². The molecule has 0 fully saturated rings. The van der Waals surface area contributed by atoms with Crippen molar-refractivity contribution in [1.82, 2.24) is 4.98 Å². The summed E-state index contributed by atoms with van der Waals surface area (Å²) in [4.78, 5) is 6.46. The zero-order valence-corrected chi connectivity index (χ0v) is 11.5. The lowest BCUT2D eigenvalue weighted by atomic mass is 10.2. The van der Waals surface area contributed by atoms with Crippen LogP contribution in [0.5, 0.6) is 5.75 Å². The van der Waals surface area contributed by atoms with Crippen molar-refractivity contribution in [2.75, 3.05) is 19.1 Å². The van der Waals surface area contributed by atoms with Gasteiger partial charge in [0, 0.05) is 13.6 Å². The molecule has 0 unspecified atom stereocenters. The van der Waals surface area contributed by atoms with Gasteiger partial charge in [0.1, 0.15) is 11.3 Å². The van der Waals surface area contributed by atoms with Crippen molar-refractivity contribution in [3.8, 4) is 5.75 Å². The molecule has 0 N–H and O–H groups in total. The number of anilines is 1. The van der Waals surface area contributed by atoms with E-state index in [1.807, 2.05) is 54.4 Å². The van der Waals surface area contributed by atoms with Gasteiger partial charge in [0.2, 0.25) is 0 Å². The molecule has 3 aromatic rings. The second-order valence-corrected chi connectivity index (χ2v) is 4.67. The number of para-hydroxylation sites is 2. The summed E-state index contributed by atoms with van der Waals surface area (Å²) in [5.74, 6) is 0.855. The van der Waals surface area contributed by atoms with Gasteiger partial charge in [0.15, 0.2) is 5.58 Å². The molecule has 0 saturated heterocycles. The fourth-order valence-electron chi connectivity index (χ4n) is 2.14. The van der Waals surface area contributed by atoms with Crippen LogP contribution < -0.4 is 9.64 Å². The van der Waals surface area contributed by atoms with Crippen LogP contribution in [0.15, 0.2) is 52.9 Å². The van der Waals surface area contributed by atoms with Gasteiger partial charge in [-0.2, -0.15) is 4.98 Å². The summed E-state index contributed by atoms with van der Waals surface area (Å²) >= 11 is 0. The van der Waals surface area contributed by atoms with Crippen molar-refractivity contribution in [3.05, 3.63) is 54.1 Å². The van der Waals surface area contributed by atoms with Crippen LogP contribution in [0.1, 0.15) is 5.56 Å². The Morgan fingerprint density at radius 1 is 1.15 bits per heavy atom. The number of benzene rings is 2. The second-order valence-electron chi connectivity index (χ2n) is 4.67. The van der Waals surface area contributed by atoms with E-state index in [4.69, 9.17) is 9.15 Å². The summed E-state index contributed by atoms with van der Waals surface area (Å²) in [6, 6.07) is 16.4. The van der Waals surface area contributed by atoms with Crippen LogP contribution in [0.25, 0.3) is 11.1 Å². The van der Waals surface area contributed by atoms with E-state index < -0.39 is 0 Å². The minimum atomic E-state index is 0.619. The molecule has 0 saturated carbocycles.